The number of rotatable bonds is 3. The van der Waals surface area contributed by atoms with Crippen LogP contribution in [0.15, 0.2) is 12.1 Å². The van der Waals surface area contributed by atoms with Crippen LogP contribution in [0.5, 0.6) is 0 Å². The lowest BCUT2D eigenvalue weighted by atomic mass is 9.94. The van der Waals surface area contributed by atoms with E-state index >= 15 is 0 Å². The van der Waals surface area contributed by atoms with Crippen molar-refractivity contribution in [1.29, 1.82) is 0 Å². The molecule has 6 nitrogen and oxygen atoms in total. The Hall–Kier alpha value is -1.92. The molecule has 0 aliphatic carbocycles. The van der Waals surface area contributed by atoms with Gasteiger partial charge in [0.05, 0.1) is 6.61 Å². The first-order valence-corrected chi connectivity index (χ1v) is 9.29. The molecule has 1 unspecified atom stereocenters. The number of piperidine rings is 1. The lowest BCUT2D eigenvalue weighted by molar-refractivity contribution is -0.143. The fourth-order valence-corrected chi connectivity index (χ4v) is 4.41. The van der Waals surface area contributed by atoms with Gasteiger partial charge in [0.2, 0.25) is 0 Å². The van der Waals surface area contributed by atoms with Gasteiger partial charge in [0, 0.05) is 31.5 Å². The number of likely N-dealkylation sites (tertiary alicyclic amines) is 1. The zero-order valence-corrected chi connectivity index (χ0v) is 16.0. The topological polar surface area (TPSA) is 70.1 Å². The largest absolute Gasteiger partial charge is 0.480 e. The third kappa shape index (κ3) is 3.12. The molecule has 1 atom stereocenters. The van der Waals surface area contributed by atoms with Gasteiger partial charge >= 0.3 is 5.97 Å². The summed E-state index contributed by atoms with van der Waals surface area (Å²) in [5.74, 6) is -1.23. The Morgan fingerprint density at radius 2 is 1.77 bits per heavy atom. The van der Waals surface area contributed by atoms with Crippen molar-refractivity contribution in [3.05, 3.63) is 34.4 Å². The van der Waals surface area contributed by atoms with E-state index in [1.165, 1.54) is 4.90 Å². The highest BCUT2D eigenvalue weighted by Crippen LogP contribution is 2.39. The molecule has 0 radical (unpaired) electrons. The summed E-state index contributed by atoms with van der Waals surface area (Å²) in [5, 5.41) is 9.69. The number of amides is 1. The Bertz CT molecular complexity index is 700. The Kier molecular flexibility index (Phi) is 5.08. The first-order chi connectivity index (χ1) is 12.3. The second-order valence-electron chi connectivity index (χ2n) is 7.49. The molecule has 1 aromatic rings. The summed E-state index contributed by atoms with van der Waals surface area (Å²) in [4.78, 5) is 29.2. The van der Waals surface area contributed by atoms with Gasteiger partial charge in [-0.3, -0.25) is 9.69 Å². The molecule has 2 fully saturated rings. The summed E-state index contributed by atoms with van der Waals surface area (Å²) in [7, 11) is 0. The molecule has 2 heterocycles. The summed E-state index contributed by atoms with van der Waals surface area (Å²) < 4.78 is 6.00. The molecule has 1 N–H and O–H groups in total. The van der Waals surface area contributed by atoms with Crippen LogP contribution in [-0.2, 0) is 9.53 Å². The zero-order chi connectivity index (χ0) is 19.1. The Balaban J connectivity index is 2.00. The van der Waals surface area contributed by atoms with Crippen molar-refractivity contribution in [2.45, 2.75) is 52.3 Å². The van der Waals surface area contributed by atoms with Crippen LogP contribution in [0, 0.1) is 20.8 Å². The number of hydrogen-bond acceptors (Lipinski definition) is 4. The molecule has 1 aromatic carbocycles. The van der Waals surface area contributed by atoms with Crippen molar-refractivity contribution in [2.24, 2.45) is 0 Å². The quantitative estimate of drug-likeness (QED) is 0.896. The van der Waals surface area contributed by atoms with Gasteiger partial charge < -0.3 is 14.7 Å². The predicted molar refractivity (Wildman–Crippen MR) is 98.3 cm³/mol. The maximum absolute atomic E-state index is 13.5. The molecule has 142 valence electrons. The second kappa shape index (κ2) is 7.00. The zero-order valence-electron chi connectivity index (χ0n) is 16.0. The van der Waals surface area contributed by atoms with Gasteiger partial charge in [-0.2, -0.15) is 0 Å². The number of carboxylic acids is 1. The van der Waals surface area contributed by atoms with E-state index in [2.05, 4.69) is 11.8 Å². The van der Waals surface area contributed by atoms with E-state index in [-0.39, 0.29) is 12.5 Å². The SMILES string of the molecule is CCN1CCC2(CC1)OCC(C(=O)O)N2C(=O)c1c(C)cc(C)cc1C. The van der Waals surface area contributed by atoms with Crippen LogP contribution in [0.1, 0.15) is 46.8 Å². The average molecular weight is 360 g/mol. The molecule has 0 saturated carbocycles. The van der Waals surface area contributed by atoms with E-state index in [1.807, 2.05) is 32.9 Å². The van der Waals surface area contributed by atoms with Crippen molar-refractivity contribution < 1.29 is 19.4 Å². The van der Waals surface area contributed by atoms with E-state index in [0.717, 1.165) is 36.3 Å². The number of carboxylic acid groups (broad SMARTS) is 1. The van der Waals surface area contributed by atoms with E-state index in [1.54, 1.807) is 0 Å². The third-order valence-corrected chi connectivity index (χ3v) is 5.74. The number of hydrogen-bond donors (Lipinski definition) is 1. The van der Waals surface area contributed by atoms with Crippen molar-refractivity contribution in [2.75, 3.05) is 26.2 Å². The van der Waals surface area contributed by atoms with Crippen LogP contribution >= 0.6 is 0 Å². The van der Waals surface area contributed by atoms with Gasteiger partial charge in [0.15, 0.2) is 6.04 Å². The molecule has 1 spiro atoms. The van der Waals surface area contributed by atoms with Crippen molar-refractivity contribution in [3.63, 3.8) is 0 Å². The normalized spacial score (nSPS) is 22.8. The molecule has 0 aromatic heterocycles. The van der Waals surface area contributed by atoms with Gasteiger partial charge in [-0.1, -0.05) is 24.6 Å². The minimum atomic E-state index is -1.00. The van der Waals surface area contributed by atoms with Crippen LogP contribution in [0.25, 0.3) is 0 Å². The molecule has 2 saturated heterocycles. The molecule has 1 amide bonds. The minimum absolute atomic E-state index is 0.0527. The highest BCUT2D eigenvalue weighted by Gasteiger charge is 2.54. The van der Waals surface area contributed by atoms with Crippen LogP contribution in [0.3, 0.4) is 0 Å². The lowest BCUT2D eigenvalue weighted by Gasteiger charge is -2.44. The highest BCUT2D eigenvalue weighted by molar-refractivity contribution is 6.00. The second-order valence-corrected chi connectivity index (χ2v) is 7.49. The minimum Gasteiger partial charge on any atom is -0.480 e. The molecule has 0 bridgehead atoms. The van der Waals surface area contributed by atoms with Crippen LogP contribution in [-0.4, -0.2) is 64.8 Å². The molecule has 26 heavy (non-hydrogen) atoms. The highest BCUT2D eigenvalue weighted by atomic mass is 16.5. The van der Waals surface area contributed by atoms with Gasteiger partial charge in [-0.05, 0) is 38.4 Å². The van der Waals surface area contributed by atoms with Crippen LogP contribution in [0.2, 0.25) is 0 Å². The predicted octanol–water partition coefficient (Wildman–Crippen LogP) is 2.35. The fourth-order valence-electron chi connectivity index (χ4n) is 4.41. The van der Waals surface area contributed by atoms with Gasteiger partial charge in [0.25, 0.3) is 5.91 Å². The van der Waals surface area contributed by atoms with E-state index in [4.69, 9.17) is 4.74 Å². The maximum Gasteiger partial charge on any atom is 0.328 e. The number of aliphatic carboxylic acids is 1. The summed E-state index contributed by atoms with van der Waals surface area (Å²) in [6, 6.07) is 3.01. The van der Waals surface area contributed by atoms with Crippen LogP contribution < -0.4 is 0 Å². The number of benzene rings is 1. The van der Waals surface area contributed by atoms with Crippen molar-refractivity contribution >= 4 is 11.9 Å². The van der Waals surface area contributed by atoms with Gasteiger partial charge in [-0.15, -0.1) is 0 Å². The first kappa shape index (κ1) is 18.9. The van der Waals surface area contributed by atoms with Gasteiger partial charge in [-0.25, -0.2) is 4.79 Å². The third-order valence-electron chi connectivity index (χ3n) is 5.74. The Labute approximate surface area is 154 Å². The van der Waals surface area contributed by atoms with Crippen LogP contribution in [0.4, 0.5) is 0 Å². The first-order valence-electron chi connectivity index (χ1n) is 9.29. The average Bonchev–Trinajstić information content (AvgIpc) is 2.93. The van der Waals surface area contributed by atoms with Crippen molar-refractivity contribution in [3.8, 4) is 0 Å². The monoisotopic (exact) mass is 360 g/mol. The van der Waals surface area contributed by atoms with E-state index in [0.29, 0.717) is 18.4 Å². The summed E-state index contributed by atoms with van der Waals surface area (Å²) in [6.45, 7) is 10.5. The number of nitrogens with zero attached hydrogens (tertiary/aromatic N) is 2. The molecule has 2 aliphatic heterocycles. The standard InChI is InChI=1S/C20H28N2O4/c1-5-21-8-6-20(7-9-21)22(16(12-26-20)19(24)25)18(23)17-14(3)10-13(2)11-15(17)4/h10-11,16H,5-9,12H2,1-4H3,(H,24,25). The summed E-state index contributed by atoms with van der Waals surface area (Å²) >= 11 is 0. The number of carbonyl (C=O) groups excluding carboxylic acids is 1. The number of aryl methyl sites for hydroxylation is 3. The molecule has 3 rings (SSSR count). The van der Waals surface area contributed by atoms with E-state index < -0.39 is 17.7 Å². The summed E-state index contributed by atoms with van der Waals surface area (Å²) in [5.41, 5.74) is 2.64. The molecule has 6 heteroatoms. The van der Waals surface area contributed by atoms with Crippen molar-refractivity contribution in [1.82, 2.24) is 9.80 Å². The molecular formula is C20H28N2O4. The lowest BCUT2D eigenvalue weighted by Crippen LogP contribution is -2.58. The summed E-state index contributed by atoms with van der Waals surface area (Å²) in [6.07, 6.45) is 1.28. The molecule has 2 aliphatic rings. The van der Waals surface area contributed by atoms with E-state index in [9.17, 15) is 14.7 Å². The smallest absolute Gasteiger partial charge is 0.328 e. The molecular weight excluding hydrogens is 332 g/mol. The Morgan fingerprint density at radius 3 is 2.27 bits per heavy atom. The maximum atomic E-state index is 13.5. The number of carbonyl (C=O) groups is 2. The fraction of sp³-hybridized carbons (Fsp3) is 0.600. The Morgan fingerprint density at radius 1 is 1.19 bits per heavy atom. The number of ether oxygens (including phenoxy) is 1. The van der Waals surface area contributed by atoms with Gasteiger partial charge in [0.1, 0.15) is 5.72 Å².